The first-order chi connectivity index (χ1) is 12.0. The largest absolute Gasteiger partial charge is 0.374 e. The summed E-state index contributed by atoms with van der Waals surface area (Å²) in [6.45, 7) is 1.57. The van der Waals surface area contributed by atoms with Gasteiger partial charge in [-0.05, 0) is 24.6 Å². The zero-order valence-corrected chi connectivity index (χ0v) is 15.6. The van der Waals surface area contributed by atoms with Gasteiger partial charge in [0.15, 0.2) is 0 Å². The standard InChI is InChI=1S/C16H19N3O2.CH4O3S/c1-16(18,15(17)20)14(21-2)12-8-6-11(7-9-12)13-5-3-4-10-19-13;1-5(2,3)4/h3-10,14H,18H2,1-2H3,(H2,17,20);1H3,(H,2,3,4). The molecule has 2 aromatic rings. The molecular formula is C17H23N3O5S. The van der Waals surface area contributed by atoms with Crippen LogP contribution in [0.25, 0.3) is 11.3 Å². The van der Waals surface area contributed by atoms with E-state index in [2.05, 4.69) is 4.98 Å². The van der Waals surface area contributed by atoms with Crippen molar-refractivity contribution in [3.8, 4) is 11.3 Å². The van der Waals surface area contributed by atoms with Crippen molar-refractivity contribution in [2.24, 2.45) is 11.5 Å². The molecule has 9 heteroatoms. The van der Waals surface area contributed by atoms with E-state index in [0.29, 0.717) is 6.26 Å². The molecule has 0 bridgehead atoms. The molecule has 1 aromatic carbocycles. The van der Waals surface area contributed by atoms with Gasteiger partial charge in [0.1, 0.15) is 11.6 Å². The van der Waals surface area contributed by atoms with E-state index in [1.54, 1.807) is 13.1 Å². The van der Waals surface area contributed by atoms with Crippen LogP contribution in [0.2, 0.25) is 0 Å². The number of carbonyl (C=O) groups excluding carboxylic acids is 1. The average molecular weight is 381 g/mol. The topological polar surface area (TPSA) is 146 Å². The Hall–Kier alpha value is -2.33. The molecule has 1 amide bonds. The first kappa shape index (κ1) is 21.7. The van der Waals surface area contributed by atoms with Crippen molar-refractivity contribution in [1.29, 1.82) is 0 Å². The Bertz CT molecular complexity index is 813. The maximum Gasteiger partial charge on any atom is 0.261 e. The predicted molar refractivity (Wildman–Crippen MR) is 98.7 cm³/mol. The Labute approximate surface area is 152 Å². The smallest absolute Gasteiger partial charge is 0.261 e. The summed E-state index contributed by atoms with van der Waals surface area (Å²) in [5.74, 6) is -0.608. The number of hydrogen-bond acceptors (Lipinski definition) is 6. The second kappa shape index (κ2) is 8.86. The Morgan fingerprint density at radius 1 is 1.23 bits per heavy atom. The Kier molecular flexibility index (Phi) is 7.40. The van der Waals surface area contributed by atoms with Gasteiger partial charge in [0.2, 0.25) is 5.91 Å². The number of benzene rings is 1. The van der Waals surface area contributed by atoms with Crippen molar-refractivity contribution in [2.45, 2.75) is 18.6 Å². The number of aromatic nitrogens is 1. The molecule has 2 unspecified atom stereocenters. The van der Waals surface area contributed by atoms with Crippen molar-refractivity contribution in [2.75, 3.05) is 13.4 Å². The summed E-state index contributed by atoms with van der Waals surface area (Å²) in [5, 5.41) is 0. The molecule has 8 nitrogen and oxygen atoms in total. The molecule has 142 valence electrons. The minimum atomic E-state index is -3.67. The summed E-state index contributed by atoms with van der Waals surface area (Å²) in [4.78, 5) is 15.8. The van der Waals surface area contributed by atoms with Gasteiger partial charge in [-0.2, -0.15) is 8.42 Å². The molecule has 26 heavy (non-hydrogen) atoms. The van der Waals surface area contributed by atoms with Gasteiger partial charge in [-0.25, -0.2) is 0 Å². The van der Waals surface area contributed by atoms with Crippen molar-refractivity contribution in [3.05, 3.63) is 54.2 Å². The highest BCUT2D eigenvalue weighted by Gasteiger charge is 2.37. The fraction of sp³-hybridized carbons (Fsp3) is 0.294. The zero-order chi connectivity index (χ0) is 20.0. The number of primary amides is 1. The molecule has 0 fully saturated rings. The predicted octanol–water partition coefficient (Wildman–Crippen LogP) is 1.14. The van der Waals surface area contributed by atoms with E-state index in [1.165, 1.54) is 7.11 Å². The van der Waals surface area contributed by atoms with Crippen LogP contribution < -0.4 is 11.5 Å². The Morgan fingerprint density at radius 2 is 1.77 bits per heavy atom. The van der Waals surface area contributed by atoms with Gasteiger partial charge in [0.05, 0.1) is 11.9 Å². The summed E-state index contributed by atoms with van der Waals surface area (Å²) in [6.07, 6.45) is 1.85. The number of carbonyl (C=O) groups is 1. The minimum absolute atomic E-state index is 0.604. The maximum atomic E-state index is 11.5. The van der Waals surface area contributed by atoms with Crippen LogP contribution in [0.3, 0.4) is 0 Å². The van der Waals surface area contributed by atoms with Gasteiger partial charge in [-0.3, -0.25) is 14.3 Å². The normalized spacial score (nSPS) is 14.5. The van der Waals surface area contributed by atoms with Gasteiger partial charge in [0, 0.05) is 18.9 Å². The number of methoxy groups -OCH3 is 1. The highest BCUT2D eigenvalue weighted by molar-refractivity contribution is 7.85. The summed E-state index contributed by atoms with van der Waals surface area (Å²) in [6, 6.07) is 13.3. The average Bonchev–Trinajstić information content (AvgIpc) is 2.55. The third kappa shape index (κ3) is 6.52. The van der Waals surface area contributed by atoms with Crippen LogP contribution in [0.15, 0.2) is 48.7 Å². The number of nitrogens with two attached hydrogens (primary N) is 2. The molecule has 1 heterocycles. The van der Waals surface area contributed by atoms with Crippen molar-refractivity contribution in [3.63, 3.8) is 0 Å². The van der Waals surface area contributed by atoms with Crippen LogP contribution in [-0.2, 0) is 19.6 Å². The first-order valence-electron chi connectivity index (χ1n) is 7.52. The second-order valence-electron chi connectivity index (χ2n) is 5.83. The van der Waals surface area contributed by atoms with Crippen LogP contribution in [0.1, 0.15) is 18.6 Å². The highest BCUT2D eigenvalue weighted by atomic mass is 32.2. The lowest BCUT2D eigenvalue weighted by atomic mass is 9.89. The minimum Gasteiger partial charge on any atom is -0.374 e. The molecular weight excluding hydrogens is 358 g/mol. The van der Waals surface area contributed by atoms with Crippen molar-refractivity contribution >= 4 is 16.0 Å². The molecule has 2 rings (SSSR count). The third-order valence-corrected chi connectivity index (χ3v) is 3.49. The molecule has 0 radical (unpaired) electrons. The number of nitrogens with zero attached hydrogens (tertiary/aromatic N) is 1. The fourth-order valence-corrected chi connectivity index (χ4v) is 2.22. The Balaban J connectivity index is 0.000000597. The van der Waals surface area contributed by atoms with Crippen LogP contribution >= 0.6 is 0 Å². The van der Waals surface area contributed by atoms with Gasteiger partial charge in [-0.15, -0.1) is 0 Å². The van der Waals surface area contributed by atoms with E-state index < -0.39 is 27.7 Å². The van der Waals surface area contributed by atoms with E-state index >= 15 is 0 Å². The quantitative estimate of drug-likeness (QED) is 0.658. The molecule has 0 saturated heterocycles. The van der Waals surface area contributed by atoms with Crippen molar-refractivity contribution < 1.29 is 22.5 Å². The van der Waals surface area contributed by atoms with Gasteiger partial charge < -0.3 is 16.2 Å². The molecule has 2 atom stereocenters. The van der Waals surface area contributed by atoms with Gasteiger partial charge in [0.25, 0.3) is 10.1 Å². The lowest BCUT2D eigenvalue weighted by Gasteiger charge is -2.30. The molecule has 0 aliphatic rings. The first-order valence-corrected chi connectivity index (χ1v) is 9.37. The lowest BCUT2D eigenvalue weighted by Crippen LogP contribution is -2.54. The highest BCUT2D eigenvalue weighted by Crippen LogP contribution is 2.28. The monoisotopic (exact) mass is 381 g/mol. The number of pyridine rings is 1. The molecule has 0 aliphatic heterocycles. The Morgan fingerprint density at radius 3 is 2.15 bits per heavy atom. The van der Waals surface area contributed by atoms with E-state index in [9.17, 15) is 13.2 Å². The summed E-state index contributed by atoms with van der Waals surface area (Å²) >= 11 is 0. The SMILES string of the molecule is COC(c1ccc(-c2ccccn2)cc1)C(C)(N)C(N)=O.CS(=O)(=O)O. The molecule has 1 aromatic heterocycles. The van der Waals surface area contributed by atoms with E-state index in [-0.39, 0.29) is 0 Å². The van der Waals surface area contributed by atoms with Crippen molar-refractivity contribution in [1.82, 2.24) is 4.98 Å². The zero-order valence-electron chi connectivity index (χ0n) is 14.8. The van der Waals surface area contributed by atoms with Crippen LogP contribution in [0, 0.1) is 0 Å². The summed E-state index contributed by atoms with van der Waals surface area (Å²) in [7, 11) is -2.16. The molecule has 0 saturated carbocycles. The number of ether oxygens (including phenoxy) is 1. The maximum absolute atomic E-state index is 11.5. The van der Waals surface area contributed by atoms with E-state index in [4.69, 9.17) is 20.8 Å². The van der Waals surface area contributed by atoms with Gasteiger partial charge in [-0.1, -0.05) is 30.3 Å². The summed E-state index contributed by atoms with van der Waals surface area (Å²) in [5.41, 5.74) is 12.7. The lowest BCUT2D eigenvalue weighted by molar-refractivity contribution is -0.127. The molecule has 0 aliphatic carbocycles. The third-order valence-electron chi connectivity index (χ3n) is 3.49. The number of hydrogen-bond donors (Lipinski definition) is 3. The van der Waals surface area contributed by atoms with Crippen LogP contribution in [0.5, 0.6) is 0 Å². The van der Waals surface area contributed by atoms with Gasteiger partial charge >= 0.3 is 0 Å². The van der Waals surface area contributed by atoms with E-state index in [0.717, 1.165) is 16.8 Å². The number of rotatable bonds is 5. The second-order valence-corrected chi connectivity index (χ2v) is 7.30. The fourth-order valence-electron chi connectivity index (χ4n) is 2.22. The van der Waals surface area contributed by atoms with Crippen LogP contribution in [-0.4, -0.2) is 42.8 Å². The number of amides is 1. The summed E-state index contributed by atoms with van der Waals surface area (Å²) < 4.78 is 31.2. The van der Waals surface area contributed by atoms with Crippen LogP contribution in [0.4, 0.5) is 0 Å². The molecule has 0 spiro atoms. The molecule has 5 N–H and O–H groups in total. The van der Waals surface area contributed by atoms with E-state index in [1.807, 2.05) is 42.5 Å².